The molecule has 0 atom stereocenters. The Hall–Kier alpha value is -8.92. The van der Waals surface area contributed by atoms with E-state index < -0.39 is 0 Å². The first-order valence-corrected chi connectivity index (χ1v) is 22.6. The molecule has 0 unspecified atom stereocenters. The number of benzene rings is 11. The lowest BCUT2D eigenvalue weighted by Gasteiger charge is -2.29. The maximum atomic E-state index is 9.86. The molecule has 11 aromatic carbocycles. The molecule has 0 fully saturated rings. The van der Waals surface area contributed by atoms with Crippen molar-refractivity contribution in [3.8, 4) is 39.1 Å². The van der Waals surface area contributed by atoms with Crippen molar-refractivity contribution in [1.82, 2.24) is 4.57 Å². The Morgan fingerprint density at radius 1 is 0.284 bits per heavy atom. The van der Waals surface area contributed by atoms with Gasteiger partial charge in [0.05, 0.1) is 27.9 Å². The van der Waals surface area contributed by atoms with Gasteiger partial charge in [0.2, 0.25) is 0 Å². The van der Waals surface area contributed by atoms with Gasteiger partial charge in [-0.2, -0.15) is 0 Å². The van der Waals surface area contributed by atoms with Crippen molar-refractivity contribution in [3.05, 3.63) is 273 Å². The van der Waals surface area contributed by atoms with Gasteiger partial charge in [-0.1, -0.05) is 194 Å². The first-order chi connectivity index (χ1) is 34.9. The number of hydrogen-bond donors (Lipinski definition) is 0. The third-order valence-corrected chi connectivity index (χ3v) is 12.7. The quantitative estimate of drug-likeness (QED) is 0.136. The van der Waals surface area contributed by atoms with Crippen LogP contribution < -0.4 is 9.80 Å². The molecule has 0 spiro atoms. The van der Waals surface area contributed by atoms with Crippen LogP contribution >= 0.6 is 0 Å². The molecule has 12 aromatic rings. The number of aromatic nitrogens is 1. The molecular formula is C64H45N3. The fraction of sp³-hybridized carbons (Fsp3) is 0. The second-order valence-electron chi connectivity index (χ2n) is 16.6. The second-order valence-corrected chi connectivity index (χ2v) is 16.6. The molecule has 0 aliphatic rings. The van der Waals surface area contributed by atoms with Crippen molar-refractivity contribution in [2.24, 2.45) is 0 Å². The van der Waals surface area contributed by atoms with E-state index in [2.05, 4.69) is 161 Å². The molecule has 0 N–H and O–H groups in total. The van der Waals surface area contributed by atoms with Gasteiger partial charge in [0.15, 0.2) is 0 Å². The summed E-state index contributed by atoms with van der Waals surface area (Å²) in [6, 6.07) is 83.9. The maximum absolute atomic E-state index is 9.86. The molecule has 3 heteroatoms. The van der Waals surface area contributed by atoms with Crippen molar-refractivity contribution in [2.75, 3.05) is 9.80 Å². The normalized spacial score (nSPS) is 12.1. The van der Waals surface area contributed by atoms with Crippen molar-refractivity contribution in [2.45, 2.75) is 0 Å². The topological polar surface area (TPSA) is 11.4 Å². The highest BCUT2D eigenvalue weighted by Crippen LogP contribution is 2.46. The van der Waals surface area contributed by atoms with Gasteiger partial charge >= 0.3 is 0 Å². The average molecular weight is 860 g/mol. The number of nitrogens with zero attached hydrogens (tertiary/aromatic N) is 3. The van der Waals surface area contributed by atoms with E-state index in [0.717, 1.165) is 77.6 Å². The van der Waals surface area contributed by atoms with Gasteiger partial charge in [-0.3, -0.25) is 0 Å². The Kier molecular flexibility index (Phi) is 9.11. The van der Waals surface area contributed by atoms with Gasteiger partial charge in [-0.15, -0.1) is 0 Å². The molecule has 12 rings (SSSR count). The fourth-order valence-electron chi connectivity index (χ4n) is 9.57. The first kappa shape index (κ1) is 35.4. The van der Waals surface area contributed by atoms with Gasteiger partial charge in [-0.05, 0) is 112 Å². The predicted octanol–water partition coefficient (Wildman–Crippen LogP) is 17.9. The van der Waals surface area contributed by atoms with Crippen LogP contribution in [0.5, 0.6) is 0 Å². The van der Waals surface area contributed by atoms with Crippen molar-refractivity contribution in [3.63, 3.8) is 0 Å². The number of rotatable bonds is 10. The van der Waals surface area contributed by atoms with E-state index in [1.165, 1.54) is 0 Å². The Bertz CT molecular complexity index is 3890. The zero-order chi connectivity index (χ0) is 48.0. The number of fused-ring (bicyclic) bond motifs is 4. The molecule has 316 valence electrons. The van der Waals surface area contributed by atoms with Gasteiger partial charge in [0.1, 0.15) is 0 Å². The molecule has 1 aromatic heterocycles. The van der Waals surface area contributed by atoms with E-state index in [9.17, 15) is 5.48 Å². The Morgan fingerprint density at radius 2 is 0.806 bits per heavy atom. The van der Waals surface area contributed by atoms with Crippen molar-refractivity contribution in [1.29, 1.82) is 0 Å². The Morgan fingerprint density at radius 3 is 1.57 bits per heavy atom. The number of hydrogen-bond acceptors (Lipinski definition) is 2. The molecule has 0 aliphatic heterocycles. The summed E-state index contributed by atoms with van der Waals surface area (Å²) in [6.45, 7) is 0. The van der Waals surface area contributed by atoms with Crippen LogP contribution in [0.2, 0.25) is 0 Å². The largest absolute Gasteiger partial charge is 0.310 e. The van der Waals surface area contributed by atoms with Crippen LogP contribution in [-0.2, 0) is 0 Å². The van der Waals surface area contributed by atoms with Crippen LogP contribution in [0.15, 0.2) is 273 Å². The molecule has 0 bridgehead atoms. The molecule has 67 heavy (non-hydrogen) atoms. The van der Waals surface area contributed by atoms with E-state index in [1.807, 2.05) is 102 Å². The smallest absolute Gasteiger partial charge is 0.0645 e. The van der Waals surface area contributed by atoms with Crippen LogP contribution in [0.4, 0.5) is 34.1 Å². The summed E-state index contributed by atoms with van der Waals surface area (Å²) in [7, 11) is 0. The van der Waals surface area contributed by atoms with Gasteiger partial charge < -0.3 is 14.4 Å². The minimum absolute atomic E-state index is 0.123. The predicted molar refractivity (Wildman–Crippen MR) is 284 cm³/mol. The van der Waals surface area contributed by atoms with E-state index in [0.29, 0.717) is 16.9 Å². The third-order valence-electron chi connectivity index (χ3n) is 12.7. The first-order valence-electron chi connectivity index (χ1n) is 24.6. The van der Waals surface area contributed by atoms with E-state index in [1.54, 1.807) is 0 Å². The molecule has 0 aliphatic carbocycles. The van der Waals surface area contributed by atoms with Gasteiger partial charge in [-0.25, -0.2) is 0 Å². The Labute approximate surface area is 396 Å². The highest BCUT2D eigenvalue weighted by molar-refractivity contribution is 6.11. The van der Waals surface area contributed by atoms with Crippen molar-refractivity contribution < 1.29 is 5.48 Å². The molecule has 0 amide bonds. The molecule has 0 saturated carbocycles. The Balaban J connectivity index is 1.03. The van der Waals surface area contributed by atoms with Gasteiger partial charge in [0, 0.05) is 50.2 Å². The summed E-state index contributed by atoms with van der Waals surface area (Å²) in [5, 5.41) is 3.88. The average Bonchev–Trinajstić information content (AvgIpc) is 3.77. The molecule has 0 radical (unpaired) electrons. The number of para-hydroxylation sites is 4. The summed E-state index contributed by atoms with van der Waals surface area (Å²) in [5.74, 6) is 0. The third kappa shape index (κ3) is 7.29. The van der Waals surface area contributed by atoms with Crippen molar-refractivity contribution >= 4 is 66.7 Å². The highest BCUT2D eigenvalue weighted by Gasteiger charge is 2.21. The fourth-order valence-corrected chi connectivity index (χ4v) is 9.57. The molecule has 0 saturated heterocycles. The number of anilines is 6. The van der Waals surface area contributed by atoms with Crippen LogP contribution in [0.1, 0.15) is 5.48 Å². The van der Waals surface area contributed by atoms with E-state index in [4.69, 9.17) is 0 Å². The summed E-state index contributed by atoms with van der Waals surface area (Å²) in [4.78, 5) is 4.15. The lowest BCUT2D eigenvalue weighted by atomic mass is 9.95. The minimum atomic E-state index is -0.140. The van der Waals surface area contributed by atoms with Crippen LogP contribution in [0.25, 0.3) is 71.6 Å². The zero-order valence-electron chi connectivity index (χ0n) is 40.5. The van der Waals surface area contributed by atoms with E-state index >= 15 is 0 Å². The minimum Gasteiger partial charge on any atom is -0.310 e. The summed E-state index contributed by atoms with van der Waals surface area (Å²) < 4.78 is 41.7. The zero-order valence-corrected chi connectivity index (χ0v) is 36.5. The summed E-state index contributed by atoms with van der Waals surface area (Å²) in [6.07, 6.45) is 0. The lowest BCUT2D eigenvalue weighted by molar-refractivity contribution is 1.18. The monoisotopic (exact) mass is 859 g/mol. The molecular weight excluding hydrogens is 811 g/mol. The summed E-state index contributed by atoms with van der Waals surface area (Å²) >= 11 is 0. The van der Waals surface area contributed by atoms with Crippen LogP contribution in [-0.4, -0.2) is 4.57 Å². The van der Waals surface area contributed by atoms with Gasteiger partial charge in [0.25, 0.3) is 0 Å². The summed E-state index contributed by atoms with van der Waals surface area (Å²) in [5.41, 5.74) is 12.7. The molecule has 3 nitrogen and oxygen atoms in total. The van der Waals surface area contributed by atoms with Crippen LogP contribution in [0.3, 0.4) is 0 Å². The second kappa shape index (κ2) is 17.2. The van der Waals surface area contributed by atoms with E-state index in [-0.39, 0.29) is 35.4 Å². The highest BCUT2D eigenvalue weighted by atomic mass is 15.2. The standard InChI is InChI=1S/C64H45N3/c1-5-19-46(20-6-1)47-35-39-53(40-36-47)66(61-32-15-13-27-56(61)48-21-7-2-8-22-48)63-34-18-30-57-55(29-17-31-58(57)63)49-37-41-52(42-38-49)65(50-23-9-3-10-24-50)54-43-44-60-59-28-14-16-33-62(59)67(64(60)45-54)51-25-11-4-12-26-51/h1-45H/i37D,38D,41D,42D. The maximum Gasteiger partial charge on any atom is 0.0645 e. The SMILES string of the molecule is [2H]c1c([2H])c(N(c2ccccc2)c2ccc3c4ccccc4n(-c4ccccc4)c3c2)c([2H])c([2H])c1-c1cccc2c(N(c3ccc(-c4ccccc4)cc3)c3ccccc3-c3ccccc3)cccc12. The lowest BCUT2D eigenvalue weighted by Crippen LogP contribution is -2.11. The van der Waals surface area contributed by atoms with Crippen LogP contribution in [0, 0.1) is 0 Å². The molecule has 1 heterocycles.